The van der Waals surface area contributed by atoms with Gasteiger partial charge in [0.05, 0.1) is 22.7 Å². The van der Waals surface area contributed by atoms with Gasteiger partial charge in [0.2, 0.25) is 0 Å². The van der Waals surface area contributed by atoms with Gasteiger partial charge in [-0.2, -0.15) is 0 Å². The van der Waals surface area contributed by atoms with Gasteiger partial charge in [0, 0.05) is 23.7 Å². The lowest BCUT2D eigenvalue weighted by Gasteiger charge is -2.46. The number of carbonyl (C=O) groups is 4. The third-order valence-electron chi connectivity index (χ3n) is 31.3. The van der Waals surface area contributed by atoms with Crippen LogP contribution in [0.1, 0.15) is 323 Å². The van der Waals surface area contributed by atoms with Crippen LogP contribution >= 0.6 is 0 Å². The van der Waals surface area contributed by atoms with Gasteiger partial charge in [-0.15, -0.1) is 0 Å². The smallest absolute Gasteiger partial charge is 0.312 e. The van der Waals surface area contributed by atoms with E-state index in [1.165, 1.54) is 109 Å². The lowest BCUT2D eigenvalue weighted by atomic mass is 9.65. The van der Waals surface area contributed by atoms with Crippen molar-refractivity contribution in [3.05, 3.63) is 0 Å². The standard InChI is InChI=1S/C20H32O2.2C19H30O2.C18H28O2.8CH4/c1-5-19(3,4)18(21)22-20(6-2)11-14-10-15(20)17-13-8-7-12(9-13)16(14)17;1-5-18(2,3)17(20)21-19(4)10-13-9-14(19)16-12-7-6-11(8-12)15(13)16;1-4-11(3)18(20)21-19(5-2)10-14-9-15(19)17-13-7-6-12(8-13)16(14)17;1-4-10(2)17(19)20-18(3)9-13-8-14(18)16-12-6-5-11(7-12)15(13)16;;;;;;;;/h12-17H,5-11H2,1-4H3;11-16H,5-10H2,1-4H3;11-17H,4-10H2,1-3H3;10-16H,4-9H2,1-3H3;8*1H4. The zero-order valence-electron chi connectivity index (χ0n) is 55.7. The minimum absolute atomic E-state index is 0. The van der Waals surface area contributed by atoms with Crippen molar-refractivity contribution < 1.29 is 38.1 Å². The Balaban J connectivity index is 0.000000216. The second-order valence-electron chi connectivity index (χ2n) is 35.4. The molecule has 92 heavy (non-hydrogen) atoms. The fraction of sp³-hybridized carbons (Fsp3) is 0.952. The van der Waals surface area contributed by atoms with Gasteiger partial charge in [-0.3, -0.25) is 19.2 Å². The molecule has 0 amide bonds. The molecule has 0 radical (unpaired) electrons. The van der Waals surface area contributed by atoms with Gasteiger partial charge in [-0.25, -0.2) is 0 Å². The number of hydrogen-bond donors (Lipinski definition) is 0. The summed E-state index contributed by atoms with van der Waals surface area (Å²) in [6.45, 7) is 29.4. The van der Waals surface area contributed by atoms with Crippen molar-refractivity contribution in [2.24, 2.45) is 165 Å². The van der Waals surface area contributed by atoms with E-state index in [4.69, 9.17) is 18.9 Å². The van der Waals surface area contributed by atoms with Crippen LogP contribution in [0.4, 0.5) is 0 Å². The number of ether oxygens (including phenoxy) is 4. The molecule has 0 aromatic carbocycles. The van der Waals surface area contributed by atoms with Gasteiger partial charge in [0.15, 0.2) is 0 Å². The molecule has 16 bridgehead atoms. The van der Waals surface area contributed by atoms with Crippen molar-refractivity contribution >= 4 is 23.9 Å². The van der Waals surface area contributed by atoms with Crippen molar-refractivity contribution in [1.29, 1.82) is 0 Å². The molecule has 0 aliphatic heterocycles. The maximum atomic E-state index is 12.7. The summed E-state index contributed by atoms with van der Waals surface area (Å²) in [6.07, 6.45) is 33.2. The first-order chi connectivity index (χ1) is 39.9. The number of carbonyl (C=O) groups excluding carboxylic acids is 4. The largest absolute Gasteiger partial charge is 0.459 e. The fourth-order valence-electron chi connectivity index (χ4n) is 26.5. The van der Waals surface area contributed by atoms with Gasteiger partial charge in [-0.05, 0) is 327 Å². The summed E-state index contributed by atoms with van der Waals surface area (Å²) in [5, 5.41) is 0. The van der Waals surface area contributed by atoms with E-state index in [0.29, 0.717) is 23.7 Å². The average Bonchev–Trinajstić information content (AvgIpc) is 1.57. The van der Waals surface area contributed by atoms with Crippen LogP contribution in [0.5, 0.6) is 0 Å². The Bertz CT molecular complexity index is 2500. The number of hydrogen-bond acceptors (Lipinski definition) is 8. The number of rotatable bonds is 14. The summed E-state index contributed by atoms with van der Waals surface area (Å²) < 4.78 is 24.8. The predicted molar refractivity (Wildman–Crippen MR) is 384 cm³/mol. The molecule has 30 unspecified atom stereocenters. The zero-order chi connectivity index (χ0) is 59.5. The molecule has 16 aliphatic carbocycles. The predicted octanol–water partition coefficient (Wildman–Crippen LogP) is 22.8. The van der Waals surface area contributed by atoms with Crippen LogP contribution in [0, 0.1) is 165 Å². The summed E-state index contributed by atoms with van der Waals surface area (Å²) in [5.41, 5.74) is -1.20. The highest BCUT2D eigenvalue weighted by molar-refractivity contribution is 5.77. The van der Waals surface area contributed by atoms with Gasteiger partial charge < -0.3 is 18.9 Å². The molecule has 8 nitrogen and oxygen atoms in total. The van der Waals surface area contributed by atoms with Crippen molar-refractivity contribution in [1.82, 2.24) is 0 Å². The molecule has 8 heteroatoms. The summed E-state index contributed by atoms with van der Waals surface area (Å²) in [6, 6.07) is 0. The molecule has 0 spiro atoms. The monoisotopic (exact) mass is 1290 g/mol. The maximum Gasteiger partial charge on any atom is 0.312 e. The first-order valence-corrected chi connectivity index (χ1v) is 36.8. The molecule has 536 valence electrons. The Hall–Kier alpha value is -2.12. The van der Waals surface area contributed by atoms with E-state index in [-0.39, 0.29) is 128 Å². The first kappa shape index (κ1) is 80.6. The molecule has 0 saturated heterocycles. The molecule has 0 heterocycles. The van der Waals surface area contributed by atoms with E-state index in [1.54, 1.807) is 0 Å². The molecule has 0 aromatic heterocycles. The van der Waals surface area contributed by atoms with E-state index >= 15 is 0 Å². The highest BCUT2D eigenvalue weighted by atomic mass is 16.6. The van der Waals surface area contributed by atoms with Crippen LogP contribution in [-0.2, 0) is 38.1 Å². The van der Waals surface area contributed by atoms with E-state index in [1.807, 2.05) is 41.5 Å². The van der Waals surface area contributed by atoms with Crippen molar-refractivity contribution in [2.75, 3.05) is 0 Å². The van der Waals surface area contributed by atoms with Crippen LogP contribution in [0.25, 0.3) is 0 Å². The van der Waals surface area contributed by atoms with Gasteiger partial charge in [-0.1, -0.05) is 115 Å². The normalized spacial score (nSPS) is 46.4. The SMILES string of the molecule is C.C.C.C.C.C.C.C.CCC(C)(C)C(=O)OC1(C)CC2CC1C1C3CCC(C3)C21.CCC(C)(C)C(=O)OC1(CC)CC2CC1C1C3CCC(C3)C21.CCC(C)C(=O)OC1(C)CC2CC1C1C3CCC(C3)C21.CCC(C)C(=O)OC1(CC)CC2CC1C1C3CCC(C3)C21. The summed E-state index contributed by atoms with van der Waals surface area (Å²) in [5.74, 6) is 21.8. The lowest BCUT2D eigenvalue weighted by molar-refractivity contribution is -0.183. The maximum absolute atomic E-state index is 12.7. The zero-order valence-corrected chi connectivity index (χ0v) is 55.7. The van der Waals surface area contributed by atoms with E-state index in [9.17, 15) is 19.2 Å². The quantitative estimate of drug-likeness (QED) is 0.0962. The molecule has 30 atom stereocenters. The molecule has 16 rings (SSSR count). The Morgan fingerprint density at radius 2 is 0.609 bits per heavy atom. The Labute approximate surface area is 569 Å². The Morgan fingerprint density at radius 1 is 0.348 bits per heavy atom. The highest BCUT2D eigenvalue weighted by Gasteiger charge is 2.72. The Kier molecular flexibility index (Phi) is 25.4. The minimum atomic E-state index is -0.335. The minimum Gasteiger partial charge on any atom is -0.459 e. The van der Waals surface area contributed by atoms with Gasteiger partial charge in [0.1, 0.15) is 22.4 Å². The Morgan fingerprint density at radius 3 is 0.924 bits per heavy atom. The molecule has 16 saturated carbocycles. The molecule has 16 fully saturated rings. The number of fused-ring (bicyclic) bond motifs is 36. The van der Waals surface area contributed by atoms with Crippen LogP contribution in [0.3, 0.4) is 0 Å². The fourth-order valence-corrected chi connectivity index (χ4v) is 26.5. The van der Waals surface area contributed by atoms with Crippen molar-refractivity contribution in [3.63, 3.8) is 0 Å². The van der Waals surface area contributed by atoms with Crippen LogP contribution in [0.15, 0.2) is 0 Å². The highest BCUT2D eigenvalue weighted by Crippen LogP contribution is 2.75. The van der Waals surface area contributed by atoms with Crippen LogP contribution < -0.4 is 0 Å². The van der Waals surface area contributed by atoms with Crippen LogP contribution in [0.2, 0.25) is 0 Å². The molecule has 0 aromatic rings. The summed E-state index contributed by atoms with van der Waals surface area (Å²) in [7, 11) is 0. The van der Waals surface area contributed by atoms with Gasteiger partial charge in [0.25, 0.3) is 0 Å². The third-order valence-corrected chi connectivity index (χ3v) is 31.3. The van der Waals surface area contributed by atoms with E-state index in [0.717, 1.165) is 176 Å². The third kappa shape index (κ3) is 12.6. The number of esters is 4. The summed E-state index contributed by atoms with van der Waals surface area (Å²) >= 11 is 0. The lowest BCUT2D eigenvalue weighted by Crippen LogP contribution is -2.49. The van der Waals surface area contributed by atoms with Crippen LogP contribution in [-0.4, -0.2) is 46.3 Å². The first-order valence-electron chi connectivity index (χ1n) is 36.8. The van der Waals surface area contributed by atoms with E-state index in [2.05, 4.69) is 55.4 Å². The molecule has 16 aliphatic rings. The van der Waals surface area contributed by atoms with Gasteiger partial charge >= 0.3 is 23.9 Å². The second kappa shape index (κ2) is 29.0. The van der Waals surface area contributed by atoms with Crippen molar-refractivity contribution in [3.8, 4) is 0 Å². The second-order valence-corrected chi connectivity index (χ2v) is 35.4. The van der Waals surface area contributed by atoms with E-state index < -0.39 is 0 Å². The molecular weight excluding hydrogens is 1140 g/mol. The molecule has 0 N–H and O–H groups in total. The topological polar surface area (TPSA) is 105 Å². The molecular formula is C84H152O8. The summed E-state index contributed by atoms with van der Waals surface area (Å²) in [4.78, 5) is 49.9. The average molecular weight is 1290 g/mol. The van der Waals surface area contributed by atoms with Crippen molar-refractivity contribution in [2.45, 2.75) is 346 Å².